The molecule has 0 saturated heterocycles. The van der Waals surface area contributed by atoms with E-state index in [2.05, 4.69) is 188 Å². The summed E-state index contributed by atoms with van der Waals surface area (Å²) in [7, 11) is 0. The van der Waals surface area contributed by atoms with Crippen molar-refractivity contribution in [1.29, 1.82) is 0 Å². The van der Waals surface area contributed by atoms with E-state index >= 15 is 0 Å². The van der Waals surface area contributed by atoms with Crippen LogP contribution in [0.25, 0.3) is 53.9 Å². The summed E-state index contributed by atoms with van der Waals surface area (Å²) in [5.41, 5.74) is 18.6. The molecule has 2 aliphatic heterocycles. The molecule has 74 heavy (non-hydrogen) atoms. The van der Waals surface area contributed by atoms with E-state index in [0.717, 1.165) is 35.5 Å². The minimum Gasteiger partial charge on any atom is -0.376 e. The summed E-state index contributed by atoms with van der Waals surface area (Å²) >= 11 is 2.04. The fraction of sp³-hybridized carbons (Fsp3) is 0.343. The Balaban J connectivity index is 0.962. The van der Waals surface area contributed by atoms with Gasteiger partial charge in [-0.3, -0.25) is 0 Å². The number of nitrogens with zero attached hydrogens (tertiary/aromatic N) is 2. The third kappa shape index (κ3) is 6.18. The van der Waals surface area contributed by atoms with E-state index in [1.54, 1.807) is 11.1 Å². The highest BCUT2D eigenvalue weighted by Gasteiger charge is 2.54. The summed E-state index contributed by atoms with van der Waals surface area (Å²) in [6.07, 6.45) is 17.1. The molecule has 8 saturated carbocycles. The van der Waals surface area contributed by atoms with Crippen molar-refractivity contribution in [1.82, 2.24) is 0 Å². The first-order valence-corrected chi connectivity index (χ1v) is 29.5. The average Bonchev–Trinajstić information content (AvgIpc) is 3.89. The predicted molar refractivity (Wildman–Crippen MR) is 314 cm³/mol. The lowest BCUT2D eigenvalue weighted by atomic mass is 9.45. The number of anilines is 5. The monoisotopic (exact) mass is 976 g/mol. The zero-order valence-corrected chi connectivity index (χ0v) is 44.2. The van der Waals surface area contributed by atoms with Crippen LogP contribution >= 0.6 is 11.3 Å². The molecule has 0 N–H and O–H groups in total. The second-order valence-corrected chi connectivity index (χ2v) is 27.6. The van der Waals surface area contributed by atoms with Crippen LogP contribution in [0, 0.1) is 35.5 Å². The molecule has 2 nitrogen and oxygen atoms in total. The first-order valence-electron chi connectivity index (χ1n) is 28.7. The normalized spacial score (nSPS) is 27.9. The number of fused-ring (bicyclic) bond motifs is 9. The molecule has 10 aliphatic rings. The topological polar surface area (TPSA) is 6.48 Å². The van der Waals surface area contributed by atoms with E-state index in [0.29, 0.717) is 5.41 Å². The van der Waals surface area contributed by atoms with Gasteiger partial charge in [0.1, 0.15) is 0 Å². The van der Waals surface area contributed by atoms with Gasteiger partial charge in [0.2, 0.25) is 0 Å². The minimum absolute atomic E-state index is 0.0137. The van der Waals surface area contributed by atoms with E-state index in [-0.39, 0.29) is 17.7 Å². The lowest BCUT2D eigenvalue weighted by molar-refractivity contribution is -0.00528. The standard InChI is InChI=1S/C70H65BN2S/c1-68(2,3)53-19-23-60(57(34-53)48-11-5-4-6-12-48)72-62-32-51-15-9-10-16-56(51)64-58-35-54(70-39-45-28-46(40-70)30-47(29-45)41-70)20-24-61(58)73(55-21-17-52(18-22-55)69-36-42-25-43(37-69)27-44(26-42)38-69)71(65(62)64)67-66(72)59-31-49-13-7-8-14-50(49)33-63(59)74-67/h4-24,31-35,42-47H,25-30,36-41H2,1-3H3. The molecule has 9 aromatic rings. The van der Waals surface area contributed by atoms with Gasteiger partial charge >= 0.3 is 6.85 Å². The fourth-order valence-corrected chi connectivity index (χ4v) is 20.0. The maximum Gasteiger partial charge on any atom is 0.343 e. The van der Waals surface area contributed by atoms with E-state index in [1.165, 1.54) is 175 Å². The van der Waals surface area contributed by atoms with Gasteiger partial charge < -0.3 is 9.71 Å². The zero-order valence-electron chi connectivity index (χ0n) is 43.3. The van der Waals surface area contributed by atoms with Crippen LogP contribution in [0.3, 0.4) is 0 Å². The number of hydrogen-bond donors (Lipinski definition) is 0. The van der Waals surface area contributed by atoms with Gasteiger partial charge in [0.25, 0.3) is 0 Å². The predicted octanol–water partition coefficient (Wildman–Crippen LogP) is 17.8. The molecule has 8 fully saturated rings. The van der Waals surface area contributed by atoms with Crippen molar-refractivity contribution in [2.45, 2.75) is 114 Å². The highest BCUT2D eigenvalue weighted by Crippen LogP contribution is 2.63. The molecule has 4 heteroatoms. The van der Waals surface area contributed by atoms with E-state index in [9.17, 15) is 0 Å². The molecule has 0 unspecified atom stereocenters. The molecule has 8 aromatic carbocycles. The maximum absolute atomic E-state index is 2.84. The summed E-state index contributed by atoms with van der Waals surface area (Å²) in [4.78, 5) is 5.59. The highest BCUT2D eigenvalue weighted by molar-refractivity contribution is 7.32. The van der Waals surface area contributed by atoms with Crippen LogP contribution in [0.15, 0.2) is 158 Å². The van der Waals surface area contributed by atoms with E-state index in [4.69, 9.17) is 0 Å². The van der Waals surface area contributed by atoms with Crippen molar-refractivity contribution in [2.75, 3.05) is 9.71 Å². The first-order chi connectivity index (χ1) is 36.1. The van der Waals surface area contributed by atoms with Crippen LogP contribution in [0.1, 0.15) is 115 Å². The molecular formula is C70H65BN2S. The van der Waals surface area contributed by atoms with Gasteiger partial charge in [-0.1, -0.05) is 124 Å². The molecule has 364 valence electrons. The summed E-state index contributed by atoms with van der Waals surface area (Å²) in [5.74, 6) is 5.41. The lowest BCUT2D eigenvalue weighted by Crippen LogP contribution is -2.60. The van der Waals surface area contributed by atoms with Crippen LogP contribution in [0.2, 0.25) is 0 Å². The molecule has 0 spiro atoms. The van der Waals surface area contributed by atoms with Crippen molar-refractivity contribution in [3.8, 4) is 22.3 Å². The Bertz CT molecular complexity index is 3750. The van der Waals surface area contributed by atoms with Crippen LogP contribution < -0.4 is 20.0 Å². The Morgan fingerprint density at radius 3 is 1.70 bits per heavy atom. The quantitative estimate of drug-likeness (QED) is 0.159. The van der Waals surface area contributed by atoms with Gasteiger partial charge in [-0.2, -0.15) is 0 Å². The molecule has 0 radical (unpaired) electrons. The molecule has 0 amide bonds. The zero-order chi connectivity index (χ0) is 48.8. The Labute approximate surface area is 441 Å². The van der Waals surface area contributed by atoms with E-state index in [1.807, 2.05) is 11.3 Å². The van der Waals surface area contributed by atoms with Crippen molar-refractivity contribution in [3.05, 3.63) is 174 Å². The minimum atomic E-state index is -0.0336. The molecule has 0 atom stereocenters. The summed E-state index contributed by atoms with van der Waals surface area (Å²) < 4.78 is 2.78. The average molecular weight is 977 g/mol. The van der Waals surface area contributed by atoms with Gasteiger partial charge in [-0.05, 0) is 238 Å². The molecule has 8 aliphatic carbocycles. The van der Waals surface area contributed by atoms with Crippen molar-refractivity contribution in [2.24, 2.45) is 35.5 Å². The third-order valence-electron chi connectivity index (χ3n) is 21.0. The Morgan fingerprint density at radius 2 is 1.05 bits per heavy atom. The number of thiophene rings is 1. The van der Waals surface area contributed by atoms with Crippen LogP contribution in [-0.4, -0.2) is 6.85 Å². The van der Waals surface area contributed by atoms with Crippen LogP contribution in [0.5, 0.6) is 0 Å². The highest BCUT2D eigenvalue weighted by atomic mass is 32.1. The van der Waals surface area contributed by atoms with Gasteiger partial charge in [0.05, 0.1) is 11.4 Å². The molecule has 19 rings (SSSR count). The summed E-state index contributed by atoms with van der Waals surface area (Å²) in [6.45, 7) is 7.04. The lowest BCUT2D eigenvalue weighted by Gasteiger charge is -2.57. The Kier molecular flexibility index (Phi) is 8.92. The SMILES string of the molecule is CC(C)(C)c1ccc(N2c3cc4ccccc4c4c3B(c3sc5cc6ccccc6cc5c32)N(c2ccc(C35CC6CC(CC(C6)C3)C5)cc2)c2ccc(C35CC6CC(CC(C6)C3)C5)cc2-4)c(-c2ccccc2)c1. The second-order valence-electron chi connectivity index (χ2n) is 26.5. The number of rotatable bonds is 5. The fourth-order valence-electron chi connectivity index (χ4n) is 18.7. The van der Waals surface area contributed by atoms with Gasteiger partial charge in [-0.25, -0.2) is 0 Å². The molecular weight excluding hydrogens is 912 g/mol. The van der Waals surface area contributed by atoms with Crippen molar-refractivity contribution in [3.63, 3.8) is 0 Å². The first kappa shape index (κ1) is 43.2. The van der Waals surface area contributed by atoms with Gasteiger partial charge in [-0.15, -0.1) is 11.3 Å². The smallest absolute Gasteiger partial charge is 0.343 e. The largest absolute Gasteiger partial charge is 0.376 e. The molecule has 1 aromatic heterocycles. The van der Waals surface area contributed by atoms with E-state index < -0.39 is 0 Å². The van der Waals surface area contributed by atoms with Crippen LogP contribution in [-0.2, 0) is 16.2 Å². The third-order valence-corrected chi connectivity index (χ3v) is 22.2. The van der Waals surface area contributed by atoms with Crippen molar-refractivity contribution >= 4 is 88.5 Å². The summed E-state index contributed by atoms with van der Waals surface area (Å²) in [6, 6.07) is 63.1. The second kappa shape index (κ2) is 15.3. The Hall–Kier alpha value is -6.10. The Morgan fingerprint density at radius 1 is 0.486 bits per heavy atom. The van der Waals surface area contributed by atoms with Crippen molar-refractivity contribution < 1.29 is 0 Å². The number of benzene rings is 8. The van der Waals surface area contributed by atoms with Gasteiger partial charge in [0, 0.05) is 43.1 Å². The maximum atomic E-state index is 2.84. The number of hydrogen-bond acceptors (Lipinski definition) is 3. The molecule has 8 bridgehead atoms. The van der Waals surface area contributed by atoms with Crippen LogP contribution in [0.4, 0.5) is 28.4 Å². The van der Waals surface area contributed by atoms with Gasteiger partial charge in [0.15, 0.2) is 0 Å². The molecule has 3 heterocycles. The summed E-state index contributed by atoms with van der Waals surface area (Å²) in [5, 5.41) is 6.62.